The van der Waals surface area contributed by atoms with E-state index in [1.807, 2.05) is 0 Å². The Bertz CT molecular complexity index is 315. The highest BCUT2D eigenvalue weighted by molar-refractivity contribution is 7.15. The SMILES string of the molecule is N[C@H](c1ccc([N+](=O)[O-])s1)C(F)F. The van der Waals surface area contributed by atoms with E-state index in [9.17, 15) is 18.9 Å². The Labute approximate surface area is 76.1 Å². The molecule has 0 aromatic carbocycles. The Kier molecular flexibility index (Phi) is 2.89. The quantitative estimate of drug-likeness (QED) is 0.609. The molecule has 0 aliphatic rings. The molecule has 72 valence electrons. The molecule has 2 N–H and O–H groups in total. The number of thiophene rings is 1. The van der Waals surface area contributed by atoms with E-state index >= 15 is 0 Å². The Morgan fingerprint density at radius 2 is 2.15 bits per heavy atom. The summed E-state index contributed by atoms with van der Waals surface area (Å²) in [5, 5.41) is 10.0. The molecule has 0 saturated heterocycles. The van der Waals surface area contributed by atoms with Gasteiger partial charge in [0.15, 0.2) is 0 Å². The molecular formula is C6H6F2N2O2S. The highest BCUT2D eigenvalue weighted by atomic mass is 32.1. The number of nitro groups is 1. The second-order valence-corrected chi connectivity index (χ2v) is 3.39. The van der Waals surface area contributed by atoms with Crippen molar-refractivity contribution >= 4 is 16.3 Å². The lowest BCUT2D eigenvalue weighted by Crippen LogP contribution is -2.17. The number of alkyl halides is 2. The third-order valence-corrected chi connectivity index (χ3v) is 2.53. The van der Waals surface area contributed by atoms with E-state index in [1.165, 1.54) is 12.1 Å². The van der Waals surface area contributed by atoms with Gasteiger partial charge in [0.25, 0.3) is 6.43 Å². The zero-order chi connectivity index (χ0) is 10.0. The van der Waals surface area contributed by atoms with E-state index < -0.39 is 17.4 Å². The summed E-state index contributed by atoms with van der Waals surface area (Å²) in [7, 11) is 0. The molecule has 1 aromatic rings. The Morgan fingerprint density at radius 3 is 2.54 bits per heavy atom. The van der Waals surface area contributed by atoms with Crippen molar-refractivity contribution in [3.8, 4) is 0 Å². The summed E-state index contributed by atoms with van der Waals surface area (Å²) >= 11 is 0.673. The molecule has 0 aliphatic carbocycles. The summed E-state index contributed by atoms with van der Waals surface area (Å²) in [6.45, 7) is 0. The largest absolute Gasteiger partial charge is 0.324 e. The molecule has 0 amide bonds. The van der Waals surface area contributed by atoms with Gasteiger partial charge >= 0.3 is 5.00 Å². The number of rotatable bonds is 3. The second-order valence-electron chi connectivity index (χ2n) is 2.29. The van der Waals surface area contributed by atoms with Crippen LogP contribution in [0.1, 0.15) is 10.9 Å². The van der Waals surface area contributed by atoms with Crippen molar-refractivity contribution in [1.82, 2.24) is 0 Å². The van der Waals surface area contributed by atoms with E-state index in [0.29, 0.717) is 11.3 Å². The van der Waals surface area contributed by atoms with E-state index in [4.69, 9.17) is 5.73 Å². The van der Waals surface area contributed by atoms with Crippen molar-refractivity contribution in [2.75, 3.05) is 0 Å². The average Bonchev–Trinajstić information content (AvgIpc) is 2.50. The number of nitrogens with zero attached hydrogens (tertiary/aromatic N) is 1. The zero-order valence-corrected chi connectivity index (χ0v) is 7.13. The number of hydrogen-bond acceptors (Lipinski definition) is 4. The van der Waals surface area contributed by atoms with Gasteiger partial charge < -0.3 is 5.73 Å². The van der Waals surface area contributed by atoms with Crippen molar-refractivity contribution in [1.29, 1.82) is 0 Å². The van der Waals surface area contributed by atoms with Gasteiger partial charge in [0.1, 0.15) is 6.04 Å². The van der Waals surface area contributed by atoms with Gasteiger partial charge in [0, 0.05) is 10.9 Å². The average molecular weight is 208 g/mol. The predicted octanol–water partition coefficient (Wildman–Crippen LogP) is 1.92. The maximum atomic E-state index is 12.0. The smallest absolute Gasteiger partial charge is 0.319 e. The van der Waals surface area contributed by atoms with Crippen LogP contribution in [0.25, 0.3) is 0 Å². The van der Waals surface area contributed by atoms with Gasteiger partial charge in [-0.1, -0.05) is 11.3 Å². The molecule has 1 rings (SSSR count). The van der Waals surface area contributed by atoms with Crippen LogP contribution in [0.5, 0.6) is 0 Å². The van der Waals surface area contributed by atoms with Crippen LogP contribution in [0.2, 0.25) is 0 Å². The van der Waals surface area contributed by atoms with Crippen LogP contribution in [0.15, 0.2) is 12.1 Å². The molecule has 1 atom stereocenters. The van der Waals surface area contributed by atoms with Crippen LogP contribution in [-0.4, -0.2) is 11.3 Å². The first-order chi connectivity index (χ1) is 6.02. The lowest BCUT2D eigenvalue weighted by atomic mass is 10.3. The lowest BCUT2D eigenvalue weighted by Gasteiger charge is -2.05. The van der Waals surface area contributed by atoms with Crippen LogP contribution in [0, 0.1) is 10.1 Å². The fourth-order valence-electron chi connectivity index (χ4n) is 0.744. The minimum atomic E-state index is -2.70. The van der Waals surface area contributed by atoms with Crippen LogP contribution >= 0.6 is 11.3 Å². The number of hydrogen-bond donors (Lipinski definition) is 1. The molecule has 7 heteroatoms. The molecule has 1 aromatic heterocycles. The highest BCUT2D eigenvalue weighted by Gasteiger charge is 2.21. The standard InChI is InChI=1S/C6H6F2N2O2S/c7-6(8)5(9)3-1-2-4(13-3)10(11)12/h1-2,5-6H,9H2/t5-/m1/s1. The molecule has 1 heterocycles. The molecule has 0 bridgehead atoms. The van der Waals surface area contributed by atoms with Crippen molar-refractivity contribution in [2.24, 2.45) is 5.73 Å². The van der Waals surface area contributed by atoms with Gasteiger partial charge in [0.2, 0.25) is 0 Å². The summed E-state index contributed by atoms with van der Waals surface area (Å²) in [5.74, 6) is 0. The first-order valence-electron chi connectivity index (χ1n) is 3.30. The third-order valence-electron chi connectivity index (χ3n) is 1.39. The predicted molar refractivity (Wildman–Crippen MR) is 43.9 cm³/mol. The van der Waals surface area contributed by atoms with E-state index in [1.54, 1.807) is 0 Å². The van der Waals surface area contributed by atoms with Crippen LogP contribution in [0.4, 0.5) is 13.8 Å². The molecule has 0 aliphatic heterocycles. The van der Waals surface area contributed by atoms with Gasteiger partial charge in [-0.3, -0.25) is 10.1 Å². The van der Waals surface area contributed by atoms with Gasteiger partial charge in [-0.05, 0) is 6.07 Å². The van der Waals surface area contributed by atoms with Gasteiger partial charge in [-0.2, -0.15) is 0 Å². The minimum absolute atomic E-state index is 0.127. The Morgan fingerprint density at radius 1 is 1.54 bits per heavy atom. The van der Waals surface area contributed by atoms with Gasteiger partial charge in [-0.25, -0.2) is 8.78 Å². The topological polar surface area (TPSA) is 69.2 Å². The van der Waals surface area contributed by atoms with Gasteiger partial charge in [-0.15, -0.1) is 0 Å². The summed E-state index contributed by atoms with van der Waals surface area (Å²) in [6, 6.07) is 0.987. The first kappa shape index (κ1) is 10.0. The molecule has 0 saturated carbocycles. The summed E-state index contributed by atoms with van der Waals surface area (Å²) in [6.07, 6.45) is -2.70. The van der Waals surface area contributed by atoms with Crippen LogP contribution in [-0.2, 0) is 0 Å². The van der Waals surface area contributed by atoms with E-state index in [2.05, 4.69) is 0 Å². The van der Waals surface area contributed by atoms with Crippen LogP contribution < -0.4 is 5.73 Å². The molecule has 4 nitrogen and oxygen atoms in total. The summed E-state index contributed by atoms with van der Waals surface area (Å²) < 4.78 is 24.1. The molecule has 0 fully saturated rings. The maximum Gasteiger partial charge on any atom is 0.324 e. The summed E-state index contributed by atoms with van der Waals surface area (Å²) in [4.78, 5) is 9.69. The van der Waals surface area contributed by atoms with Crippen LogP contribution in [0.3, 0.4) is 0 Å². The molecular weight excluding hydrogens is 202 g/mol. The zero-order valence-electron chi connectivity index (χ0n) is 6.31. The Balaban J connectivity index is 2.85. The van der Waals surface area contributed by atoms with E-state index in [-0.39, 0.29) is 9.88 Å². The van der Waals surface area contributed by atoms with Crippen molar-refractivity contribution in [3.05, 3.63) is 27.1 Å². The monoisotopic (exact) mass is 208 g/mol. The van der Waals surface area contributed by atoms with Crippen molar-refractivity contribution in [3.63, 3.8) is 0 Å². The molecule has 0 radical (unpaired) electrons. The minimum Gasteiger partial charge on any atom is -0.319 e. The highest BCUT2D eigenvalue weighted by Crippen LogP contribution is 2.30. The number of nitrogens with two attached hydrogens (primary N) is 1. The lowest BCUT2D eigenvalue weighted by molar-refractivity contribution is -0.380. The Hall–Kier alpha value is -1.08. The fourth-order valence-corrected chi connectivity index (χ4v) is 1.57. The maximum absolute atomic E-state index is 12.0. The first-order valence-corrected chi connectivity index (χ1v) is 4.12. The molecule has 13 heavy (non-hydrogen) atoms. The van der Waals surface area contributed by atoms with Gasteiger partial charge in [0.05, 0.1) is 4.92 Å². The molecule has 0 spiro atoms. The number of halogens is 2. The molecule has 0 unspecified atom stereocenters. The van der Waals surface area contributed by atoms with Crippen molar-refractivity contribution < 1.29 is 13.7 Å². The second kappa shape index (κ2) is 3.75. The third kappa shape index (κ3) is 2.19. The van der Waals surface area contributed by atoms with E-state index in [0.717, 1.165) is 0 Å². The summed E-state index contributed by atoms with van der Waals surface area (Å²) in [5.41, 5.74) is 5.09. The van der Waals surface area contributed by atoms with Crippen molar-refractivity contribution in [2.45, 2.75) is 12.5 Å². The normalized spacial score (nSPS) is 13.2. The fraction of sp³-hybridized carbons (Fsp3) is 0.333.